The zero-order valence-corrected chi connectivity index (χ0v) is 13.8. The van der Waals surface area contributed by atoms with Crippen molar-refractivity contribution >= 4 is 28.9 Å². The van der Waals surface area contributed by atoms with E-state index in [4.69, 9.17) is 21.4 Å². The Morgan fingerprint density at radius 3 is 2.76 bits per heavy atom. The van der Waals surface area contributed by atoms with Gasteiger partial charge in [0.15, 0.2) is 11.9 Å². The molecule has 0 spiro atoms. The fourth-order valence-corrected chi connectivity index (χ4v) is 2.92. The minimum absolute atomic E-state index is 0.104. The van der Waals surface area contributed by atoms with Gasteiger partial charge in [-0.2, -0.15) is 0 Å². The summed E-state index contributed by atoms with van der Waals surface area (Å²) in [5.74, 6) is -0.0651. The second-order valence-corrected chi connectivity index (χ2v) is 6.02. The number of carbonyl (C=O) groups excluding carboxylic acids is 1. The third-order valence-electron chi connectivity index (χ3n) is 3.88. The lowest BCUT2D eigenvalue weighted by Crippen LogP contribution is -2.45. The topological polar surface area (TPSA) is 92.9 Å². The molecule has 2 aromatic rings. The number of hydrogen-bond acceptors (Lipinski definition) is 5. The highest BCUT2D eigenvalue weighted by Crippen LogP contribution is 2.38. The summed E-state index contributed by atoms with van der Waals surface area (Å²) in [6.45, 7) is 0.0150. The number of aliphatic hydroxyl groups is 1. The summed E-state index contributed by atoms with van der Waals surface area (Å²) in [6, 6.07) is 11.2. The molecule has 1 amide bonds. The van der Waals surface area contributed by atoms with Crippen LogP contribution in [0.1, 0.15) is 12.0 Å². The molecule has 0 bridgehead atoms. The van der Waals surface area contributed by atoms with Gasteiger partial charge in [0.2, 0.25) is 0 Å². The highest BCUT2D eigenvalue weighted by atomic mass is 35.5. The molecule has 8 heteroatoms. The van der Waals surface area contributed by atoms with E-state index in [1.54, 1.807) is 18.2 Å². The van der Waals surface area contributed by atoms with Gasteiger partial charge in [0.25, 0.3) is 11.6 Å². The summed E-state index contributed by atoms with van der Waals surface area (Å²) in [4.78, 5) is 24.7. The number of nitro groups is 1. The average molecular weight is 363 g/mol. The van der Waals surface area contributed by atoms with Crippen molar-refractivity contribution in [2.45, 2.75) is 19.1 Å². The summed E-state index contributed by atoms with van der Waals surface area (Å²) in [7, 11) is 0. The molecule has 2 aromatic carbocycles. The van der Waals surface area contributed by atoms with Gasteiger partial charge in [0, 0.05) is 24.1 Å². The minimum atomic E-state index is -0.890. The summed E-state index contributed by atoms with van der Waals surface area (Å²) >= 11 is 6.00. The largest absolute Gasteiger partial charge is 0.478 e. The van der Waals surface area contributed by atoms with Gasteiger partial charge in [-0.05, 0) is 23.8 Å². The van der Waals surface area contributed by atoms with Gasteiger partial charge in [0.1, 0.15) is 0 Å². The molecule has 0 saturated carbocycles. The van der Waals surface area contributed by atoms with E-state index < -0.39 is 11.0 Å². The van der Waals surface area contributed by atoms with Crippen molar-refractivity contribution < 1.29 is 19.6 Å². The summed E-state index contributed by atoms with van der Waals surface area (Å²) in [5.41, 5.74) is 1.14. The first kappa shape index (κ1) is 17.2. The smallest absolute Gasteiger partial charge is 0.273 e. The lowest BCUT2D eigenvalue weighted by atomic mass is 10.1. The Labute approximate surface area is 148 Å². The molecule has 25 heavy (non-hydrogen) atoms. The fourth-order valence-electron chi connectivity index (χ4n) is 2.71. The monoisotopic (exact) mass is 362 g/mol. The van der Waals surface area contributed by atoms with Crippen molar-refractivity contribution in [1.29, 1.82) is 0 Å². The molecule has 1 aliphatic rings. The van der Waals surface area contributed by atoms with E-state index in [0.29, 0.717) is 10.7 Å². The SMILES string of the molecule is O=C1C(CCO)Oc2cc([N+](=O)[O-])ccc2N1Cc1cccc(Cl)c1. The maximum atomic E-state index is 12.7. The first-order valence-corrected chi connectivity index (χ1v) is 7.99. The van der Waals surface area contributed by atoms with Crippen LogP contribution in [-0.4, -0.2) is 28.6 Å². The van der Waals surface area contributed by atoms with Crippen LogP contribution in [0.5, 0.6) is 5.75 Å². The number of non-ortho nitro benzene ring substituents is 1. The van der Waals surface area contributed by atoms with Crippen LogP contribution in [0, 0.1) is 10.1 Å². The van der Waals surface area contributed by atoms with Crippen LogP contribution < -0.4 is 9.64 Å². The van der Waals surface area contributed by atoms with Crippen molar-refractivity contribution in [3.05, 3.63) is 63.2 Å². The normalized spacial score (nSPS) is 16.3. The number of amides is 1. The Bertz CT molecular complexity index is 826. The molecule has 0 saturated heterocycles. The zero-order chi connectivity index (χ0) is 18.0. The number of hydrogen-bond donors (Lipinski definition) is 1. The Hall–Kier alpha value is -2.64. The molecule has 1 heterocycles. The number of halogens is 1. The number of benzene rings is 2. The Morgan fingerprint density at radius 1 is 1.28 bits per heavy atom. The van der Waals surface area contributed by atoms with Crippen molar-refractivity contribution in [1.82, 2.24) is 0 Å². The molecule has 1 atom stereocenters. The van der Waals surface area contributed by atoms with Crippen LogP contribution in [0.25, 0.3) is 0 Å². The van der Waals surface area contributed by atoms with Crippen LogP contribution in [-0.2, 0) is 11.3 Å². The van der Waals surface area contributed by atoms with Crippen LogP contribution >= 0.6 is 11.6 Å². The van der Waals surface area contributed by atoms with E-state index in [1.807, 2.05) is 6.07 Å². The van der Waals surface area contributed by atoms with Gasteiger partial charge in [-0.3, -0.25) is 14.9 Å². The predicted octanol–water partition coefficient (Wildman–Crippen LogP) is 2.92. The van der Waals surface area contributed by atoms with Crippen molar-refractivity contribution in [2.24, 2.45) is 0 Å². The molecule has 7 nitrogen and oxygen atoms in total. The highest BCUT2D eigenvalue weighted by molar-refractivity contribution is 6.30. The Morgan fingerprint density at radius 2 is 2.08 bits per heavy atom. The maximum Gasteiger partial charge on any atom is 0.273 e. The van der Waals surface area contributed by atoms with Crippen molar-refractivity contribution in [2.75, 3.05) is 11.5 Å². The van der Waals surface area contributed by atoms with Gasteiger partial charge in [-0.1, -0.05) is 23.7 Å². The summed E-state index contributed by atoms with van der Waals surface area (Å²) < 4.78 is 5.59. The second kappa shape index (κ2) is 7.08. The van der Waals surface area contributed by atoms with Gasteiger partial charge >= 0.3 is 0 Å². The second-order valence-electron chi connectivity index (χ2n) is 5.58. The fraction of sp³-hybridized carbons (Fsp3) is 0.235. The van der Waals surface area contributed by atoms with E-state index in [-0.39, 0.29) is 36.9 Å². The van der Waals surface area contributed by atoms with Gasteiger partial charge in [-0.15, -0.1) is 0 Å². The lowest BCUT2D eigenvalue weighted by molar-refractivity contribution is -0.384. The molecule has 1 aliphatic heterocycles. The van der Waals surface area contributed by atoms with E-state index in [9.17, 15) is 14.9 Å². The summed E-state index contributed by atoms with van der Waals surface area (Å²) in [6.07, 6.45) is -0.786. The maximum absolute atomic E-state index is 12.7. The quantitative estimate of drug-likeness (QED) is 0.652. The molecule has 0 aliphatic carbocycles. The number of rotatable bonds is 5. The van der Waals surface area contributed by atoms with Gasteiger partial charge in [0.05, 0.1) is 23.2 Å². The molecular formula is C17H15ClN2O5. The molecule has 1 unspecified atom stereocenters. The third-order valence-corrected chi connectivity index (χ3v) is 4.11. The number of nitrogens with zero attached hydrogens (tertiary/aromatic N) is 2. The van der Waals surface area contributed by atoms with E-state index >= 15 is 0 Å². The van der Waals surface area contributed by atoms with Gasteiger partial charge in [-0.25, -0.2) is 0 Å². The molecule has 0 radical (unpaired) electrons. The molecule has 130 valence electrons. The Kier molecular flexibility index (Phi) is 4.87. The van der Waals surface area contributed by atoms with E-state index in [0.717, 1.165) is 5.56 Å². The van der Waals surface area contributed by atoms with Crippen LogP contribution in [0.15, 0.2) is 42.5 Å². The molecule has 0 aromatic heterocycles. The number of carbonyl (C=O) groups is 1. The lowest BCUT2D eigenvalue weighted by Gasteiger charge is -2.34. The molecular weight excluding hydrogens is 348 g/mol. The van der Waals surface area contributed by atoms with Crippen LogP contribution in [0.2, 0.25) is 5.02 Å². The highest BCUT2D eigenvalue weighted by Gasteiger charge is 2.35. The number of nitro benzene ring substituents is 1. The van der Waals surface area contributed by atoms with Crippen LogP contribution in [0.3, 0.4) is 0 Å². The Balaban J connectivity index is 2.00. The number of aliphatic hydroxyl groups excluding tert-OH is 1. The summed E-state index contributed by atoms with van der Waals surface area (Å²) in [5, 5.41) is 20.7. The first-order chi connectivity index (χ1) is 12.0. The van der Waals surface area contributed by atoms with E-state index in [2.05, 4.69) is 0 Å². The van der Waals surface area contributed by atoms with Crippen molar-refractivity contribution in [3.8, 4) is 5.75 Å². The van der Waals surface area contributed by atoms with Crippen LogP contribution in [0.4, 0.5) is 11.4 Å². The standard InChI is InChI=1S/C17H15ClN2O5/c18-12-3-1-2-11(8-12)10-19-14-5-4-13(20(23)24)9-16(14)25-15(6-7-21)17(19)22/h1-5,8-9,15,21H,6-7,10H2. The van der Waals surface area contributed by atoms with Gasteiger partial charge < -0.3 is 14.7 Å². The number of anilines is 1. The third kappa shape index (κ3) is 3.57. The van der Waals surface area contributed by atoms with Crippen molar-refractivity contribution in [3.63, 3.8) is 0 Å². The number of fused-ring (bicyclic) bond motifs is 1. The zero-order valence-electron chi connectivity index (χ0n) is 13.1. The number of ether oxygens (including phenoxy) is 1. The van der Waals surface area contributed by atoms with E-state index in [1.165, 1.54) is 23.1 Å². The first-order valence-electron chi connectivity index (χ1n) is 7.61. The molecule has 3 rings (SSSR count). The molecule has 0 fully saturated rings. The predicted molar refractivity (Wildman–Crippen MR) is 91.9 cm³/mol. The average Bonchev–Trinajstić information content (AvgIpc) is 2.58. The molecule has 1 N–H and O–H groups in total. The minimum Gasteiger partial charge on any atom is -0.478 e.